The van der Waals surface area contributed by atoms with Gasteiger partial charge in [0.25, 0.3) is 0 Å². The molecule has 0 bridgehead atoms. The van der Waals surface area contributed by atoms with E-state index in [1.807, 2.05) is 12.2 Å². The molecular formula is C25H32O4. The topological polar surface area (TPSA) is 63.6 Å². The molecule has 0 aromatic heterocycles. The lowest BCUT2D eigenvalue weighted by Gasteiger charge is -2.43. The number of allylic oxidation sites excluding steroid dienone is 9. The van der Waals surface area contributed by atoms with Crippen molar-refractivity contribution >= 4 is 11.8 Å². The van der Waals surface area contributed by atoms with Gasteiger partial charge in [0.1, 0.15) is 12.0 Å². The van der Waals surface area contributed by atoms with E-state index in [1.54, 1.807) is 13.0 Å². The van der Waals surface area contributed by atoms with Gasteiger partial charge in [0, 0.05) is 12.0 Å². The van der Waals surface area contributed by atoms with Crippen molar-refractivity contribution in [3.63, 3.8) is 0 Å². The van der Waals surface area contributed by atoms with Gasteiger partial charge in [-0.25, -0.2) is 0 Å². The Morgan fingerprint density at radius 1 is 1.03 bits per heavy atom. The summed E-state index contributed by atoms with van der Waals surface area (Å²) in [7, 11) is 0. The number of carbonyl (C=O) groups is 2. The largest absolute Gasteiger partial charge is 0.512 e. The molecule has 0 amide bonds. The Morgan fingerprint density at radius 2 is 1.76 bits per heavy atom. The van der Waals surface area contributed by atoms with Gasteiger partial charge in [-0.1, -0.05) is 49.0 Å². The predicted molar refractivity (Wildman–Crippen MR) is 114 cm³/mol. The molecule has 0 unspecified atom stereocenters. The zero-order chi connectivity index (χ0) is 21.1. The number of cyclic esters (lactones) is 1. The highest BCUT2D eigenvalue weighted by Crippen LogP contribution is 2.47. The highest BCUT2D eigenvalue weighted by molar-refractivity contribution is 6.04. The summed E-state index contributed by atoms with van der Waals surface area (Å²) in [6.07, 6.45) is 17.2. The highest BCUT2D eigenvalue weighted by atomic mass is 16.5. The van der Waals surface area contributed by atoms with E-state index in [0.717, 1.165) is 12.8 Å². The quantitative estimate of drug-likeness (QED) is 0.351. The predicted octanol–water partition coefficient (Wildman–Crippen LogP) is 5.10. The maximum atomic E-state index is 12.7. The number of rotatable bonds is 0. The molecule has 0 aromatic carbocycles. The molecule has 7 atom stereocenters. The fourth-order valence-electron chi connectivity index (χ4n) is 4.73. The fourth-order valence-corrected chi connectivity index (χ4v) is 4.73. The Hall–Kier alpha value is -2.36. The lowest BCUT2D eigenvalue weighted by Crippen LogP contribution is -2.37. The second-order valence-electron chi connectivity index (χ2n) is 8.77. The Balaban J connectivity index is 2.01. The monoisotopic (exact) mass is 396 g/mol. The second kappa shape index (κ2) is 8.98. The van der Waals surface area contributed by atoms with Gasteiger partial charge in [-0.05, 0) is 63.4 Å². The molecule has 3 aliphatic rings. The molecule has 29 heavy (non-hydrogen) atoms. The smallest absolute Gasteiger partial charge is 0.317 e. The molecule has 0 spiro atoms. The van der Waals surface area contributed by atoms with E-state index >= 15 is 0 Å². The van der Waals surface area contributed by atoms with Gasteiger partial charge in [0.05, 0.1) is 5.76 Å². The van der Waals surface area contributed by atoms with E-state index < -0.39 is 23.8 Å². The lowest BCUT2D eigenvalue weighted by molar-refractivity contribution is -0.152. The first kappa shape index (κ1) is 21.4. The van der Waals surface area contributed by atoms with Crippen molar-refractivity contribution in [1.82, 2.24) is 0 Å². The number of aliphatic hydroxyl groups excluding tert-OH is 1. The number of esters is 1. The molecule has 0 saturated carbocycles. The van der Waals surface area contributed by atoms with Gasteiger partial charge < -0.3 is 9.84 Å². The number of hydrogen-bond acceptors (Lipinski definition) is 4. The molecule has 0 fully saturated rings. The molecule has 0 aromatic rings. The van der Waals surface area contributed by atoms with Crippen LogP contribution in [-0.2, 0) is 14.3 Å². The first-order valence-electron chi connectivity index (χ1n) is 10.6. The van der Waals surface area contributed by atoms with Crippen LogP contribution in [-0.4, -0.2) is 23.0 Å². The molecule has 1 aliphatic heterocycles. The van der Waals surface area contributed by atoms with Crippen LogP contribution in [0.15, 0.2) is 59.9 Å². The van der Waals surface area contributed by atoms with E-state index in [1.165, 1.54) is 18.6 Å². The van der Waals surface area contributed by atoms with Gasteiger partial charge in [0.2, 0.25) is 0 Å². The number of ether oxygens (including phenoxy) is 1. The van der Waals surface area contributed by atoms with Crippen molar-refractivity contribution in [2.24, 2.45) is 35.5 Å². The number of fused-ring (bicyclic) bond motifs is 3. The Labute approximate surface area is 173 Å². The second-order valence-corrected chi connectivity index (χ2v) is 8.77. The summed E-state index contributed by atoms with van der Waals surface area (Å²) in [5, 5.41) is 11.1. The summed E-state index contributed by atoms with van der Waals surface area (Å²) in [5.41, 5.74) is 1.37. The average molecular weight is 397 g/mol. The van der Waals surface area contributed by atoms with Gasteiger partial charge in [-0.15, -0.1) is 0 Å². The minimum absolute atomic E-state index is 0.0906. The van der Waals surface area contributed by atoms with Crippen molar-refractivity contribution < 1.29 is 19.4 Å². The first-order chi connectivity index (χ1) is 13.8. The molecule has 1 N–H and O–H groups in total. The number of ketones is 1. The molecule has 2 aliphatic carbocycles. The van der Waals surface area contributed by atoms with E-state index in [9.17, 15) is 14.7 Å². The van der Waals surface area contributed by atoms with Crippen LogP contribution >= 0.6 is 0 Å². The minimum atomic E-state index is -0.939. The summed E-state index contributed by atoms with van der Waals surface area (Å²) < 4.78 is 5.33. The highest BCUT2D eigenvalue weighted by Gasteiger charge is 2.41. The first-order valence-corrected chi connectivity index (χ1v) is 10.6. The third kappa shape index (κ3) is 4.80. The summed E-state index contributed by atoms with van der Waals surface area (Å²) in [6, 6.07) is 0. The zero-order valence-corrected chi connectivity index (χ0v) is 17.7. The summed E-state index contributed by atoms with van der Waals surface area (Å²) >= 11 is 0. The zero-order valence-electron chi connectivity index (χ0n) is 17.7. The SMILES string of the molecule is CC1=CC[C@@H]2[C@H]3C(O)=CC(=O)[C@H](C)C(=O)O[C@H](C)C=CC=C[C@H](C)[C@H]3C=C[C@H]2C1. The Kier molecular flexibility index (Phi) is 6.61. The Morgan fingerprint density at radius 3 is 2.52 bits per heavy atom. The molecule has 4 nitrogen and oxygen atoms in total. The number of carbonyl (C=O) groups excluding carboxylic acids is 2. The van der Waals surface area contributed by atoms with E-state index in [-0.39, 0.29) is 29.4 Å². The maximum Gasteiger partial charge on any atom is 0.317 e. The van der Waals surface area contributed by atoms with Crippen LogP contribution in [0.1, 0.15) is 40.5 Å². The molecule has 1 heterocycles. The van der Waals surface area contributed by atoms with Crippen LogP contribution in [0.2, 0.25) is 0 Å². The average Bonchev–Trinajstić information content (AvgIpc) is 2.68. The van der Waals surface area contributed by atoms with Gasteiger partial charge >= 0.3 is 5.97 Å². The molecule has 156 valence electrons. The number of aliphatic hydroxyl groups is 1. The van der Waals surface area contributed by atoms with Crippen LogP contribution in [0, 0.1) is 35.5 Å². The van der Waals surface area contributed by atoms with E-state index in [4.69, 9.17) is 4.74 Å². The van der Waals surface area contributed by atoms with E-state index in [2.05, 4.69) is 38.2 Å². The lowest BCUT2D eigenvalue weighted by atomic mass is 9.62. The van der Waals surface area contributed by atoms with E-state index in [0.29, 0.717) is 5.92 Å². The van der Waals surface area contributed by atoms with Crippen LogP contribution in [0.25, 0.3) is 0 Å². The minimum Gasteiger partial charge on any atom is -0.512 e. The van der Waals surface area contributed by atoms with Crippen LogP contribution in [0.5, 0.6) is 0 Å². The summed E-state index contributed by atoms with van der Waals surface area (Å²) in [5.74, 6) is -1.07. The molecular weight excluding hydrogens is 364 g/mol. The number of hydrogen-bond donors (Lipinski definition) is 1. The van der Waals surface area contributed by atoms with Crippen LogP contribution in [0.4, 0.5) is 0 Å². The normalized spacial score (nSPS) is 38.3. The van der Waals surface area contributed by atoms with Crippen molar-refractivity contribution in [3.8, 4) is 0 Å². The fraction of sp³-hybridized carbons (Fsp3) is 0.520. The molecule has 3 rings (SSSR count). The van der Waals surface area contributed by atoms with Crippen molar-refractivity contribution in [2.75, 3.05) is 0 Å². The van der Waals surface area contributed by atoms with Crippen molar-refractivity contribution in [2.45, 2.75) is 46.6 Å². The van der Waals surface area contributed by atoms with Gasteiger partial charge in [-0.2, -0.15) is 0 Å². The maximum absolute atomic E-state index is 12.7. The third-order valence-electron chi connectivity index (χ3n) is 6.53. The van der Waals surface area contributed by atoms with Crippen LogP contribution in [0.3, 0.4) is 0 Å². The standard InChI is InChI=1S/C25H32O4/c1-15-9-11-21-19(13-15)10-12-20-16(2)7-5-6-8-17(3)29-25(28)18(4)22(26)14-23(27)24(20)21/h5-10,12,14,16-21,24,27H,11,13H2,1-4H3/t16-,17+,18-,19-,20+,21-,24-/m0/s1. The molecule has 4 heteroatoms. The summed E-state index contributed by atoms with van der Waals surface area (Å²) in [6.45, 7) is 7.59. The van der Waals surface area contributed by atoms with Gasteiger partial charge in [0.15, 0.2) is 5.78 Å². The van der Waals surface area contributed by atoms with Crippen molar-refractivity contribution in [1.29, 1.82) is 0 Å². The van der Waals surface area contributed by atoms with Gasteiger partial charge in [-0.3, -0.25) is 9.59 Å². The van der Waals surface area contributed by atoms with Crippen molar-refractivity contribution in [3.05, 3.63) is 59.9 Å². The third-order valence-corrected chi connectivity index (χ3v) is 6.53. The molecule has 0 radical (unpaired) electrons. The Bertz CT molecular complexity index is 798. The van der Waals surface area contributed by atoms with Crippen LogP contribution < -0.4 is 0 Å². The summed E-state index contributed by atoms with van der Waals surface area (Å²) in [4.78, 5) is 25.0. The molecule has 0 saturated heterocycles.